The fraction of sp³-hybridized carbons (Fsp3) is 0.375. The number of thiophene rings is 1. The Bertz CT molecular complexity index is 1010. The fourth-order valence-corrected chi connectivity index (χ4v) is 5.05. The molecule has 4 rings (SSSR count). The van der Waals surface area contributed by atoms with Gasteiger partial charge in [-0.15, -0.1) is 11.3 Å². The lowest BCUT2D eigenvalue weighted by Crippen LogP contribution is -2.31. The monoisotopic (exact) mass is 426 g/mol. The number of benzene rings is 2. The largest absolute Gasteiger partial charge is 0.496 e. The Morgan fingerprint density at radius 2 is 2.00 bits per heavy atom. The molecule has 3 aromatic rings. The summed E-state index contributed by atoms with van der Waals surface area (Å²) in [7, 11) is 1.65. The molecule has 1 aliphatic rings. The molecule has 2 heterocycles. The Labute approximate surface area is 180 Å². The lowest BCUT2D eigenvalue weighted by Gasteiger charge is -2.30. The van der Waals surface area contributed by atoms with Crippen LogP contribution in [0.5, 0.6) is 11.5 Å². The quantitative estimate of drug-likeness (QED) is 0.594. The molecule has 1 aromatic heterocycles. The summed E-state index contributed by atoms with van der Waals surface area (Å²) in [6.45, 7) is 2.25. The minimum absolute atomic E-state index is 0.0922. The average molecular weight is 427 g/mol. The Morgan fingerprint density at radius 1 is 1.17 bits per heavy atom. The minimum atomic E-state index is -0.473. The van der Waals surface area contributed by atoms with Gasteiger partial charge < -0.3 is 19.3 Å². The number of ether oxygens (including phenoxy) is 3. The van der Waals surface area contributed by atoms with Crippen LogP contribution in [-0.4, -0.2) is 37.3 Å². The molecule has 0 saturated carbocycles. The molecular weight excluding hydrogens is 400 g/mol. The van der Waals surface area contributed by atoms with Gasteiger partial charge in [-0.1, -0.05) is 18.2 Å². The molecule has 0 amide bonds. The number of carbonyl (C=O) groups is 1. The molecule has 2 unspecified atom stereocenters. The van der Waals surface area contributed by atoms with E-state index in [1.807, 2.05) is 31.2 Å². The van der Waals surface area contributed by atoms with Crippen molar-refractivity contribution in [1.82, 2.24) is 0 Å². The van der Waals surface area contributed by atoms with Gasteiger partial charge >= 0.3 is 0 Å². The smallest absolute Gasteiger partial charge is 0.138 e. The van der Waals surface area contributed by atoms with Crippen LogP contribution in [-0.2, 0) is 16.0 Å². The molecule has 0 radical (unpaired) electrons. The number of hydrogen-bond donors (Lipinski definition) is 1. The van der Waals surface area contributed by atoms with Gasteiger partial charge in [0.15, 0.2) is 0 Å². The molecule has 2 atom stereocenters. The molecule has 158 valence electrons. The third-order valence-corrected chi connectivity index (χ3v) is 6.45. The fourth-order valence-electron chi connectivity index (χ4n) is 3.96. The maximum atomic E-state index is 12.2. The van der Waals surface area contributed by atoms with Crippen molar-refractivity contribution >= 4 is 27.2 Å². The first-order chi connectivity index (χ1) is 14.6. The van der Waals surface area contributed by atoms with Crippen LogP contribution in [0, 0.1) is 0 Å². The standard InChI is InChI=1S/C24H26O5S/c1-3-28-22-13-21(27-2)16(9-19-8-15-6-4-5-7-24(15)30-19)10-20(22)23-12-17(26)11-18(14-25)29-23/h4-8,10,13,18,23,25H,3,9,11-12,14H2,1-2H3. The number of fused-ring (bicyclic) bond motifs is 1. The summed E-state index contributed by atoms with van der Waals surface area (Å²) in [4.78, 5) is 13.5. The van der Waals surface area contributed by atoms with Crippen LogP contribution < -0.4 is 9.47 Å². The summed E-state index contributed by atoms with van der Waals surface area (Å²) >= 11 is 1.77. The summed E-state index contributed by atoms with van der Waals surface area (Å²) in [6, 6.07) is 14.5. The van der Waals surface area contributed by atoms with Gasteiger partial charge in [0.05, 0.1) is 32.5 Å². The Hall–Kier alpha value is -2.41. The van der Waals surface area contributed by atoms with Gasteiger partial charge in [0.1, 0.15) is 17.3 Å². The second kappa shape index (κ2) is 9.16. The third kappa shape index (κ3) is 4.36. The highest BCUT2D eigenvalue weighted by Gasteiger charge is 2.31. The number of ketones is 1. The van der Waals surface area contributed by atoms with Crippen molar-refractivity contribution in [3.63, 3.8) is 0 Å². The van der Waals surface area contributed by atoms with Gasteiger partial charge in [-0.05, 0) is 36.1 Å². The van der Waals surface area contributed by atoms with Crippen molar-refractivity contribution in [3.8, 4) is 11.5 Å². The summed E-state index contributed by atoms with van der Waals surface area (Å²) in [6.07, 6.45) is 0.342. The van der Waals surface area contributed by atoms with E-state index in [2.05, 4.69) is 18.2 Å². The van der Waals surface area contributed by atoms with Gasteiger partial charge in [-0.25, -0.2) is 0 Å². The van der Waals surface area contributed by atoms with Gasteiger partial charge in [0.2, 0.25) is 0 Å². The van der Waals surface area contributed by atoms with Crippen molar-refractivity contribution in [1.29, 1.82) is 0 Å². The van der Waals surface area contributed by atoms with E-state index in [1.54, 1.807) is 18.4 Å². The Kier molecular flexibility index (Phi) is 6.37. The predicted octanol–water partition coefficient (Wildman–Crippen LogP) is 4.68. The molecule has 1 fully saturated rings. The number of Topliss-reactive ketones (excluding diaryl/α,β-unsaturated/α-hetero) is 1. The molecule has 0 bridgehead atoms. The molecule has 1 N–H and O–H groups in total. The highest BCUT2D eigenvalue weighted by Crippen LogP contribution is 2.40. The van der Waals surface area contributed by atoms with Gasteiger partial charge in [0.25, 0.3) is 0 Å². The van der Waals surface area contributed by atoms with Crippen molar-refractivity contribution in [3.05, 3.63) is 58.5 Å². The van der Waals surface area contributed by atoms with Crippen molar-refractivity contribution in [2.45, 2.75) is 38.4 Å². The lowest BCUT2D eigenvalue weighted by atomic mass is 9.94. The van der Waals surface area contributed by atoms with E-state index >= 15 is 0 Å². The highest BCUT2D eigenvalue weighted by atomic mass is 32.1. The number of rotatable bonds is 7. The van der Waals surface area contributed by atoms with Gasteiger partial charge in [0, 0.05) is 40.5 Å². The topological polar surface area (TPSA) is 65.0 Å². The molecule has 0 spiro atoms. The van der Waals surface area contributed by atoms with Crippen LogP contribution >= 0.6 is 11.3 Å². The molecule has 1 aliphatic heterocycles. The first-order valence-electron chi connectivity index (χ1n) is 10.2. The van der Waals surface area contributed by atoms with E-state index in [1.165, 1.54) is 15.0 Å². The number of aliphatic hydroxyl groups is 1. The summed E-state index contributed by atoms with van der Waals surface area (Å²) < 4.78 is 18.8. The van der Waals surface area contributed by atoms with Crippen LogP contribution in [0.15, 0.2) is 42.5 Å². The van der Waals surface area contributed by atoms with Crippen LogP contribution in [0.25, 0.3) is 10.1 Å². The van der Waals surface area contributed by atoms with E-state index in [0.29, 0.717) is 18.8 Å². The Balaban J connectivity index is 1.72. The van der Waals surface area contributed by atoms with E-state index < -0.39 is 12.2 Å². The highest BCUT2D eigenvalue weighted by molar-refractivity contribution is 7.19. The number of carbonyl (C=O) groups excluding carboxylic acids is 1. The first kappa shape index (κ1) is 20.8. The van der Waals surface area contributed by atoms with Crippen molar-refractivity contribution in [2.75, 3.05) is 20.3 Å². The van der Waals surface area contributed by atoms with Gasteiger partial charge in [-0.2, -0.15) is 0 Å². The summed E-state index contributed by atoms with van der Waals surface area (Å²) in [5.41, 5.74) is 1.85. The zero-order valence-electron chi connectivity index (χ0n) is 17.2. The van der Waals surface area contributed by atoms with E-state index in [0.717, 1.165) is 16.9 Å². The second-order valence-electron chi connectivity index (χ2n) is 7.44. The van der Waals surface area contributed by atoms with Gasteiger partial charge in [-0.3, -0.25) is 4.79 Å². The maximum absolute atomic E-state index is 12.2. The first-order valence-corrected chi connectivity index (χ1v) is 11.0. The third-order valence-electron chi connectivity index (χ3n) is 5.33. The molecule has 0 aliphatic carbocycles. The zero-order valence-corrected chi connectivity index (χ0v) is 18.0. The van der Waals surface area contributed by atoms with Crippen LogP contribution in [0.2, 0.25) is 0 Å². The molecule has 6 heteroatoms. The van der Waals surface area contributed by atoms with Crippen LogP contribution in [0.3, 0.4) is 0 Å². The number of aliphatic hydroxyl groups excluding tert-OH is 1. The average Bonchev–Trinajstić information content (AvgIpc) is 3.16. The minimum Gasteiger partial charge on any atom is -0.496 e. The summed E-state index contributed by atoms with van der Waals surface area (Å²) in [5, 5.41) is 10.8. The van der Waals surface area contributed by atoms with Crippen LogP contribution in [0.4, 0.5) is 0 Å². The van der Waals surface area contributed by atoms with E-state index in [9.17, 15) is 9.90 Å². The maximum Gasteiger partial charge on any atom is 0.138 e. The van der Waals surface area contributed by atoms with Crippen LogP contribution in [0.1, 0.15) is 41.9 Å². The Morgan fingerprint density at radius 3 is 2.73 bits per heavy atom. The molecule has 1 saturated heterocycles. The normalized spacial score (nSPS) is 19.2. The van der Waals surface area contributed by atoms with Crippen molar-refractivity contribution in [2.24, 2.45) is 0 Å². The van der Waals surface area contributed by atoms with E-state index in [4.69, 9.17) is 14.2 Å². The summed E-state index contributed by atoms with van der Waals surface area (Å²) in [5.74, 6) is 1.50. The SMILES string of the molecule is CCOc1cc(OC)c(Cc2cc3ccccc3s2)cc1C1CC(=O)CC(CO)O1. The second-order valence-corrected chi connectivity index (χ2v) is 8.61. The molecule has 2 aromatic carbocycles. The predicted molar refractivity (Wildman–Crippen MR) is 118 cm³/mol. The number of hydrogen-bond acceptors (Lipinski definition) is 6. The lowest BCUT2D eigenvalue weighted by molar-refractivity contribution is -0.139. The number of methoxy groups -OCH3 is 1. The molecular formula is C24H26O5S. The van der Waals surface area contributed by atoms with E-state index in [-0.39, 0.29) is 25.2 Å². The zero-order chi connectivity index (χ0) is 21.1. The molecule has 5 nitrogen and oxygen atoms in total. The van der Waals surface area contributed by atoms with Crippen molar-refractivity contribution < 1.29 is 24.1 Å². The molecule has 30 heavy (non-hydrogen) atoms.